The number of imide groups is 1. The Hall–Kier alpha value is -3.38. The number of benzene rings is 2. The van der Waals surface area contributed by atoms with Gasteiger partial charge in [-0.1, -0.05) is 30.3 Å². The summed E-state index contributed by atoms with van der Waals surface area (Å²) in [5.74, 6) is -0.307. The van der Waals surface area contributed by atoms with Gasteiger partial charge in [-0.2, -0.15) is 0 Å². The van der Waals surface area contributed by atoms with E-state index in [-0.39, 0.29) is 11.6 Å². The van der Waals surface area contributed by atoms with Crippen molar-refractivity contribution in [2.45, 2.75) is 6.92 Å². The highest BCUT2D eigenvalue weighted by molar-refractivity contribution is 7.11. The Bertz CT molecular complexity index is 1090. The molecule has 2 heterocycles. The normalized spacial score (nSPS) is 14.0. The molecule has 4 rings (SSSR count). The zero-order chi connectivity index (χ0) is 19.7. The van der Waals surface area contributed by atoms with Crippen molar-refractivity contribution in [2.24, 2.45) is 0 Å². The number of ether oxygens (including phenoxy) is 1. The maximum Gasteiger partial charge on any atom is 0.282 e. The van der Waals surface area contributed by atoms with Crippen LogP contribution in [0.5, 0.6) is 5.75 Å². The molecule has 1 N–H and O–H groups in total. The number of rotatable bonds is 5. The van der Waals surface area contributed by atoms with Crippen LogP contribution >= 0.6 is 11.3 Å². The number of carbonyl (C=O) groups is 2. The number of thiophene rings is 1. The minimum absolute atomic E-state index is 0.268. The summed E-state index contributed by atoms with van der Waals surface area (Å²) < 4.78 is 5.37. The van der Waals surface area contributed by atoms with Crippen LogP contribution in [0.25, 0.3) is 5.57 Å². The Kier molecular flexibility index (Phi) is 4.71. The second-order valence-corrected chi connectivity index (χ2v) is 7.29. The van der Waals surface area contributed by atoms with Crippen molar-refractivity contribution in [2.75, 3.05) is 17.3 Å². The van der Waals surface area contributed by atoms with E-state index in [1.165, 1.54) is 23.3 Å². The van der Waals surface area contributed by atoms with E-state index in [0.717, 1.165) is 16.1 Å². The van der Waals surface area contributed by atoms with Gasteiger partial charge < -0.3 is 10.1 Å². The van der Waals surface area contributed by atoms with E-state index in [0.29, 0.717) is 17.0 Å². The molecule has 28 heavy (non-hydrogen) atoms. The zero-order valence-electron chi connectivity index (χ0n) is 15.4. The molecule has 140 valence electrons. The Morgan fingerprint density at radius 3 is 2.50 bits per heavy atom. The third kappa shape index (κ3) is 3.08. The van der Waals surface area contributed by atoms with Crippen molar-refractivity contribution in [3.8, 4) is 5.75 Å². The summed E-state index contributed by atoms with van der Waals surface area (Å²) in [6.07, 6.45) is 0. The van der Waals surface area contributed by atoms with Gasteiger partial charge in [-0.3, -0.25) is 9.59 Å². The third-order valence-corrected chi connectivity index (χ3v) is 5.35. The van der Waals surface area contributed by atoms with Crippen LogP contribution < -0.4 is 15.0 Å². The van der Waals surface area contributed by atoms with E-state index in [1.807, 2.05) is 48.7 Å². The third-order valence-electron chi connectivity index (χ3n) is 4.46. The van der Waals surface area contributed by atoms with Crippen LogP contribution in [0.1, 0.15) is 10.4 Å². The van der Waals surface area contributed by atoms with Gasteiger partial charge in [-0.05, 0) is 48.2 Å². The molecular weight excluding hydrogens is 372 g/mol. The number of aryl methyl sites for hydroxylation is 1. The molecule has 3 aromatic rings. The first kappa shape index (κ1) is 18.0. The van der Waals surface area contributed by atoms with Crippen LogP contribution in [0.15, 0.2) is 71.7 Å². The predicted molar refractivity (Wildman–Crippen MR) is 112 cm³/mol. The summed E-state index contributed by atoms with van der Waals surface area (Å²) in [5.41, 5.74) is 2.88. The number of methoxy groups -OCH3 is 1. The lowest BCUT2D eigenvalue weighted by Crippen LogP contribution is -2.32. The van der Waals surface area contributed by atoms with Crippen molar-refractivity contribution in [1.29, 1.82) is 0 Å². The van der Waals surface area contributed by atoms with Gasteiger partial charge in [0.05, 0.1) is 18.4 Å². The maximum absolute atomic E-state index is 13.3. The Balaban J connectivity index is 1.82. The van der Waals surface area contributed by atoms with Crippen molar-refractivity contribution in [1.82, 2.24) is 0 Å². The van der Waals surface area contributed by atoms with E-state index in [4.69, 9.17) is 4.74 Å². The van der Waals surface area contributed by atoms with Gasteiger partial charge in [-0.15, -0.1) is 11.3 Å². The lowest BCUT2D eigenvalue weighted by atomic mass is 10.1. The van der Waals surface area contributed by atoms with Gasteiger partial charge in [0, 0.05) is 10.6 Å². The summed E-state index contributed by atoms with van der Waals surface area (Å²) >= 11 is 1.42. The minimum atomic E-state index is -0.403. The van der Waals surface area contributed by atoms with E-state index >= 15 is 0 Å². The summed E-state index contributed by atoms with van der Waals surface area (Å²) in [5, 5.41) is 5.06. The van der Waals surface area contributed by atoms with Crippen LogP contribution in [0.4, 0.5) is 11.4 Å². The lowest BCUT2D eigenvalue weighted by molar-refractivity contribution is -0.120. The summed E-state index contributed by atoms with van der Waals surface area (Å²) in [7, 11) is 1.52. The fourth-order valence-corrected chi connectivity index (χ4v) is 3.96. The van der Waals surface area contributed by atoms with Crippen LogP contribution in [-0.2, 0) is 9.59 Å². The Labute approximate surface area is 166 Å². The largest absolute Gasteiger partial charge is 0.495 e. The minimum Gasteiger partial charge on any atom is -0.495 e. The highest BCUT2D eigenvalue weighted by atomic mass is 32.1. The molecule has 1 aliphatic rings. The van der Waals surface area contributed by atoms with Gasteiger partial charge in [0.2, 0.25) is 0 Å². The molecule has 0 bridgehead atoms. The highest BCUT2D eigenvalue weighted by Crippen LogP contribution is 2.38. The fraction of sp³-hybridized carbons (Fsp3) is 0.0909. The predicted octanol–water partition coefficient (Wildman–Crippen LogP) is 4.46. The second kappa shape index (κ2) is 7.32. The number of para-hydroxylation sites is 2. The molecule has 6 heteroatoms. The maximum atomic E-state index is 13.3. The SMILES string of the molecule is COc1ccccc1N1C(=O)C(Nc2cccc(C)c2)=C(c2cccs2)C1=O. The monoisotopic (exact) mass is 390 g/mol. The number of nitrogens with one attached hydrogen (secondary N) is 1. The van der Waals surface area contributed by atoms with Gasteiger partial charge in [-0.25, -0.2) is 4.90 Å². The number of amides is 2. The molecule has 0 unspecified atom stereocenters. The number of anilines is 2. The van der Waals surface area contributed by atoms with Crippen LogP contribution in [-0.4, -0.2) is 18.9 Å². The molecule has 0 saturated carbocycles. The first-order chi connectivity index (χ1) is 13.6. The van der Waals surface area contributed by atoms with Crippen LogP contribution in [0, 0.1) is 6.92 Å². The Morgan fingerprint density at radius 2 is 1.79 bits per heavy atom. The number of hydrogen-bond donors (Lipinski definition) is 1. The number of hydrogen-bond acceptors (Lipinski definition) is 5. The standard InChI is InChI=1S/C22H18N2O3S/c1-14-7-5-8-15(13-14)23-20-19(18-11-6-12-28-18)21(25)24(22(20)26)16-9-3-4-10-17(16)27-2/h3-13,23H,1-2H3. The van der Waals surface area contributed by atoms with Crippen molar-refractivity contribution < 1.29 is 14.3 Å². The molecule has 0 fully saturated rings. The smallest absolute Gasteiger partial charge is 0.282 e. The molecule has 0 radical (unpaired) electrons. The average Bonchev–Trinajstić information content (AvgIpc) is 3.29. The van der Waals surface area contributed by atoms with E-state index in [9.17, 15) is 9.59 Å². The molecule has 2 amide bonds. The zero-order valence-corrected chi connectivity index (χ0v) is 16.2. The van der Waals surface area contributed by atoms with Gasteiger partial charge >= 0.3 is 0 Å². The fourth-order valence-electron chi connectivity index (χ4n) is 3.20. The molecule has 5 nitrogen and oxygen atoms in total. The molecule has 1 aliphatic heterocycles. The van der Waals surface area contributed by atoms with Gasteiger partial charge in [0.15, 0.2) is 0 Å². The first-order valence-corrected chi connectivity index (χ1v) is 9.61. The summed E-state index contributed by atoms with van der Waals surface area (Å²) in [6, 6.07) is 18.4. The average molecular weight is 390 g/mol. The van der Waals surface area contributed by atoms with Crippen molar-refractivity contribution >= 4 is 40.1 Å². The molecule has 2 aromatic carbocycles. The lowest BCUT2D eigenvalue weighted by Gasteiger charge is -2.18. The quantitative estimate of drug-likeness (QED) is 0.654. The summed E-state index contributed by atoms with van der Waals surface area (Å²) in [4.78, 5) is 28.5. The molecule has 0 aliphatic carbocycles. The second-order valence-electron chi connectivity index (χ2n) is 6.34. The summed E-state index contributed by atoms with van der Waals surface area (Å²) in [6.45, 7) is 1.97. The number of nitrogens with zero attached hydrogens (tertiary/aromatic N) is 1. The molecular formula is C22H18N2O3S. The van der Waals surface area contributed by atoms with Crippen LogP contribution in [0.3, 0.4) is 0 Å². The van der Waals surface area contributed by atoms with Crippen molar-refractivity contribution in [3.63, 3.8) is 0 Å². The first-order valence-electron chi connectivity index (χ1n) is 8.74. The van der Waals surface area contributed by atoms with Gasteiger partial charge in [0.1, 0.15) is 11.4 Å². The van der Waals surface area contributed by atoms with Gasteiger partial charge in [0.25, 0.3) is 11.8 Å². The van der Waals surface area contributed by atoms with Crippen molar-refractivity contribution in [3.05, 3.63) is 82.2 Å². The van der Waals surface area contributed by atoms with Crippen LogP contribution in [0.2, 0.25) is 0 Å². The molecule has 0 spiro atoms. The molecule has 0 atom stereocenters. The molecule has 0 saturated heterocycles. The highest BCUT2D eigenvalue weighted by Gasteiger charge is 2.41. The number of carbonyl (C=O) groups excluding carboxylic acids is 2. The molecule has 1 aromatic heterocycles. The topological polar surface area (TPSA) is 58.6 Å². The van der Waals surface area contributed by atoms with E-state index in [2.05, 4.69) is 5.32 Å². The van der Waals surface area contributed by atoms with E-state index < -0.39 is 5.91 Å². The Morgan fingerprint density at radius 1 is 0.964 bits per heavy atom. The van der Waals surface area contributed by atoms with E-state index in [1.54, 1.807) is 24.3 Å².